The van der Waals surface area contributed by atoms with Crippen molar-refractivity contribution in [2.45, 2.75) is 19.6 Å². The summed E-state index contributed by atoms with van der Waals surface area (Å²) in [5.41, 5.74) is 5.77. The lowest BCUT2D eigenvalue weighted by molar-refractivity contribution is -0.174. The highest BCUT2D eigenvalue weighted by Crippen LogP contribution is 2.22. The Labute approximate surface area is 186 Å². The number of alkyl halides is 3. The third-order valence-corrected chi connectivity index (χ3v) is 4.14. The Morgan fingerprint density at radius 2 is 1.97 bits per heavy atom. The van der Waals surface area contributed by atoms with E-state index in [1.807, 2.05) is 0 Å². The van der Waals surface area contributed by atoms with Gasteiger partial charge in [-0.1, -0.05) is 0 Å². The number of primary amides is 1. The van der Waals surface area contributed by atoms with Gasteiger partial charge in [-0.25, -0.2) is 9.97 Å². The standard InChI is InChI=1S/C19H20F3N5O3.CH3NO/c1-3-23-17-18(28)27(6-7-30-11-19(20,21)22)15-8-13(24-10-14(15)26-17)12-4-5-16(29-2)25-9-12;2-1-3/h4-5,8-10H,3,6-7,11H2,1-2H3,(H,23,26);1H,(H2,2,3). The van der Waals surface area contributed by atoms with Crippen molar-refractivity contribution < 1.29 is 27.4 Å². The molecule has 0 aromatic carbocycles. The molecular weight excluding hydrogens is 445 g/mol. The number of fused-ring (bicyclic) bond motifs is 1. The molecule has 0 fully saturated rings. The van der Waals surface area contributed by atoms with Gasteiger partial charge in [-0.15, -0.1) is 0 Å². The molecular formula is C20H23F3N6O4. The topological polar surface area (TPSA) is 134 Å². The van der Waals surface area contributed by atoms with Crippen LogP contribution in [0.2, 0.25) is 0 Å². The number of pyridine rings is 2. The molecule has 0 saturated heterocycles. The van der Waals surface area contributed by atoms with Crippen molar-refractivity contribution in [3.8, 4) is 17.1 Å². The van der Waals surface area contributed by atoms with E-state index in [1.165, 1.54) is 17.9 Å². The van der Waals surface area contributed by atoms with Gasteiger partial charge in [0, 0.05) is 30.9 Å². The monoisotopic (exact) mass is 468 g/mol. The van der Waals surface area contributed by atoms with Crippen molar-refractivity contribution >= 4 is 23.3 Å². The van der Waals surface area contributed by atoms with Gasteiger partial charge in [0.25, 0.3) is 5.56 Å². The zero-order chi connectivity index (χ0) is 24.4. The van der Waals surface area contributed by atoms with E-state index in [0.717, 1.165) is 0 Å². The lowest BCUT2D eigenvalue weighted by Gasteiger charge is -2.14. The van der Waals surface area contributed by atoms with Gasteiger partial charge in [-0.05, 0) is 19.1 Å². The molecule has 0 aliphatic carbocycles. The largest absolute Gasteiger partial charge is 0.481 e. The summed E-state index contributed by atoms with van der Waals surface area (Å²) < 4.78 is 48.1. The van der Waals surface area contributed by atoms with E-state index in [0.29, 0.717) is 34.7 Å². The summed E-state index contributed by atoms with van der Waals surface area (Å²) in [6.07, 6.45) is -1.11. The fourth-order valence-corrected chi connectivity index (χ4v) is 2.80. The predicted molar refractivity (Wildman–Crippen MR) is 115 cm³/mol. The molecule has 178 valence electrons. The Morgan fingerprint density at radius 3 is 2.55 bits per heavy atom. The zero-order valence-electron chi connectivity index (χ0n) is 17.9. The fourth-order valence-electron chi connectivity index (χ4n) is 2.80. The Kier molecular flexibility index (Phi) is 9.09. The number of anilines is 1. The molecule has 0 aliphatic heterocycles. The third kappa shape index (κ3) is 7.14. The first-order chi connectivity index (χ1) is 15.7. The lowest BCUT2D eigenvalue weighted by atomic mass is 10.2. The maximum Gasteiger partial charge on any atom is 0.411 e. The average molecular weight is 468 g/mol. The van der Waals surface area contributed by atoms with Crippen LogP contribution in [-0.4, -0.2) is 59.0 Å². The Balaban J connectivity index is 0.00000122. The minimum Gasteiger partial charge on any atom is -0.481 e. The number of hydrogen-bond acceptors (Lipinski definition) is 8. The van der Waals surface area contributed by atoms with Crippen LogP contribution in [0.15, 0.2) is 35.4 Å². The summed E-state index contributed by atoms with van der Waals surface area (Å²) in [5, 5.41) is 2.87. The summed E-state index contributed by atoms with van der Waals surface area (Å²) >= 11 is 0. The Morgan fingerprint density at radius 1 is 1.24 bits per heavy atom. The number of hydrogen-bond donors (Lipinski definition) is 2. The number of nitrogens with two attached hydrogens (primary N) is 1. The number of ether oxygens (including phenoxy) is 2. The highest BCUT2D eigenvalue weighted by Gasteiger charge is 2.27. The lowest BCUT2D eigenvalue weighted by Crippen LogP contribution is -2.28. The molecule has 0 spiro atoms. The normalized spacial score (nSPS) is 10.9. The minimum absolute atomic E-state index is 0.0728. The zero-order valence-corrected chi connectivity index (χ0v) is 17.9. The SMILES string of the molecule is CCNc1nc2cnc(-c3ccc(OC)nc3)cc2n(CCOCC(F)(F)F)c1=O.NC=O. The first kappa shape index (κ1) is 25.5. The molecule has 0 bridgehead atoms. The predicted octanol–water partition coefficient (Wildman–Crippen LogP) is 1.97. The van der Waals surface area contributed by atoms with Gasteiger partial charge >= 0.3 is 6.18 Å². The number of nitrogens with zero attached hydrogens (tertiary/aromatic N) is 4. The van der Waals surface area contributed by atoms with Crippen LogP contribution in [0.1, 0.15) is 6.92 Å². The van der Waals surface area contributed by atoms with E-state index in [-0.39, 0.29) is 25.4 Å². The number of amides is 1. The number of nitrogens with one attached hydrogen (secondary N) is 1. The molecule has 33 heavy (non-hydrogen) atoms. The number of carbonyl (C=O) groups excluding carboxylic acids is 1. The molecule has 0 aliphatic rings. The van der Waals surface area contributed by atoms with Gasteiger partial charge in [-0.2, -0.15) is 13.2 Å². The molecule has 3 aromatic rings. The maximum atomic E-state index is 12.8. The van der Waals surface area contributed by atoms with Crippen LogP contribution in [0.3, 0.4) is 0 Å². The van der Waals surface area contributed by atoms with Crippen LogP contribution in [0.25, 0.3) is 22.3 Å². The van der Waals surface area contributed by atoms with Crippen LogP contribution < -0.4 is 21.3 Å². The maximum absolute atomic E-state index is 12.8. The highest BCUT2D eigenvalue weighted by molar-refractivity contribution is 5.80. The van der Waals surface area contributed by atoms with E-state index in [2.05, 4.69) is 30.7 Å². The molecule has 10 nitrogen and oxygen atoms in total. The Bertz CT molecular complexity index is 1120. The van der Waals surface area contributed by atoms with E-state index in [1.54, 1.807) is 31.3 Å². The van der Waals surface area contributed by atoms with E-state index >= 15 is 0 Å². The van der Waals surface area contributed by atoms with Crippen molar-refractivity contribution in [3.05, 3.63) is 40.9 Å². The highest BCUT2D eigenvalue weighted by atomic mass is 19.4. The van der Waals surface area contributed by atoms with Gasteiger partial charge in [0.1, 0.15) is 12.1 Å². The average Bonchev–Trinajstić information content (AvgIpc) is 2.78. The van der Waals surface area contributed by atoms with Crippen LogP contribution in [0.5, 0.6) is 5.88 Å². The number of carbonyl (C=O) groups is 1. The summed E-state index contributed by atoms with van der Waals surface area (Å²) in [6.45, 7) is 0.527. The third-order valence-electron chi connectivity index (χ3n) is 4.14. The van der Waals surface area contributed by atoms with Gasteiger partial charge in [0.05, 0.1) is 31.1 Å². The molecule has 0 radical (unpaired) electrons. The summed E-state index contributed by atoms with van der Waals surface area (Å²) in [6, 6.07) is 5.08. The molecule has 3 aromatic heterocycles. The van der Waals surface area contributed by atoms with Crippen molar-refractivity contribution in [1.29, 1.82) is 0 Å². The first-order valence-corrected chi connectivity index (χ1v) is 9.68. The molecule has 13 heteroatoms. The Hall–Kier alpha value is -3.74. The number of halogens is 3. The quantitative estimate of drug-likeness (QED) is 0.379. The van der Waals surface area contributed by atoms with Crippen LogP contribution in [0.4, 0.5) is 19.0 Å². The van der Waals surface area contributed by atoms with E-state index < -0.39 is 18.3 Å². The number of aromatic nitrogens is 4. The molecule has 0 atom stereocenters. The van der Waals surface area contributed by atoms with Crippen molar-refractivity contribution in [3.63, 3.8) is 0 Å². The molecule has 3 N–H and O–H groups in total. The van der Waals surface area contributed by atoms with Gasteiger partial charge in [0.2, 0.25) is 12.3 Å². The van der Waals surface area contributed by atoms with E-state index in [9.17, 15) is 18.0 Å². The second kappa shape index (κ2) is 11.8. The molecule has 3 heterocycles. The number of rotatable bonds is 8. The van der Waals surface area contributed by atoms with Crippen LogP contribution in [-0.2, 0) is 16.1 Å². The van der Waals surface area contributed by atoms with E-state index in [4.69, 9.17) is 9.53 Å². The van der Waals surface area contributed by atoms with Gasteiger partial charge in [0.15, 0.2) is 5.82 Å². The molecule has 1 amide bonds. The van der Waals surface area contributed by atoms with Gasteiger partial charge < -0.3 is 25.1 Å². The van der Waals surface area contributed by atoms with Crippen LogP contribution >= 0.6 is 0 Å². The molecule has 0 saturated carbocycles. The van der Waals surface area contributed by atoms with Gasteiger partial charge in [-0.3, -0.25) is 14.6 Å². The van der Waals surface area contributed by atoms with Crippen LogP contribution in [0, 0.1) is 0 Å². The van der Waals surface area contributed by atoms with Crippen molar-refractivity contribution in [2.75, 3.05) is 32.2 Å². The molecule has 0 unspecified atom stereocenters. The first-order valence-electron chi connectivity index (χ1n) is 9.68. The fraction of sp³-hybridized carbons (Fsp3) is 0.350. The smallest absolute Gasteiger partial charge is 0.411 e. The minimum atomic E-state index is -4.43. The summed E-state index contributed by atoms with van der Waals surface area (Å²) in [5.74, 6) is 0.539. The molecule has 3 rings (SSSR count). The second-order valence-electron chi connectivity index (χ2n) is 6.40. The second-order valence-corrected chi connectivity index (χ2v) is 6.40. The summed E-state index contributed by atoms with van der Waals surface area (Å²) in [7, 11) is 1.50. The van der Waals surface area contributed by atoms with Crippen molar-refractivity contribution in [1.82, 2.24) is 19.5 Å². The number of methoxy groups -OCH3 is 1. The summed E-state index contributed by atoms with van der Waals surface area (Å²) in [4.78, 5) is 34.2. The van der Waals surface area contributed by atoms with Crippen molar-refractivity contribution in [2.24, 2.45) is 5.73 Å².